The van der Waals surface area contributed by atoms with Crippen molar-refractivity contribution in [2.75, 3.05) is 13.1 Å². The van der Waals surface area contributed by atoms with Crippen LogP contribution in [0.2, 0.25) is 0 Å². The molecule has 10 heteroatoms. The molecule has 2 aliphatic rings. The van der Waals surface area contributed by atoms with Crippen molar-refractivity contribution in [2.45, 2.75) is 79.1 Å². The predicted octanol–water partition coefficient (Wildman–Crippen LogP) is 8.85. The number of hydrogen-bond acceptors (Lipinski definition) is 8. The molecule has 4 amide bonds. The highest BCUT2D eigenvalue weighted by molar-refractivity contribution is 6.44. The Morgan fingerprint density at radius 2 is 0.741 bits per heavy atom. The van der Waals surface area contributed by atoms with E-state index < -0.39 is 23.6 Å². The number of nitriles is 4. The van der Waals surface area contributed by atoms with E-state index in [1.54, 1.807) is 0 Å². The Labute approximate surface area is 313 Å². The third-order valence-electron chi connectivity index (χ3n) is 11.7. The van der Waals surface area contributed by atoms with E-state index in [1.807, 2.05) is 13.8 Å². The van der Waals surface area contributed by atoms with Crippen molar-refractivity contribution in [2.24, 2.45) is 11.8 Å². The number of unbranched alkanes of at least 4 members (excludes halogenated alkanes) is 2. The summed E-state index contributed by atoms with van der Waals surface area (Å²) in [5, 5.41) is 44.7. The second-order valence-electron chi connectivity index (χ2n) is 14.6. The van der Waals surface area contributed by atoms with Crippen molar-refractivity contribution in [3.8, 4) is 24.3 Å². The van der Waals surface area contributed by atoms with Crippen molar-refractivity contribution in [3.63, 3.8) is 0 Å². The fraction of sp³-hybridized carbons (Fsp3) is 0.364. The first-order valence-corrected chi connectivity index (χ1v) is 18.8. The summed E-state index contributed by atoms with van der Waals surface area (Å²) < 4.78 is 0. The van der Waals surface area contributed by atoms with Gasteiger partial charge in [-0.15, -0.1) is 0 Å². The summed E-state index contributed by atoms with van der Waals surface area (Å²) in [6.45, 7) is 8.56. The van der Waals surface area contributed by atoms with Gasteiger partial charge >= 0.3 is 0 Å². The Morgan fingerprint density at radius 1 is 0.463 bits per heavy atom. The van der Waals surface area contributed by atoms with E-state index in [-0.39, 0.29) is 113 Å². The highest BCUT2D eigenvalue weighted by Crippen LogP contribution is 2.50. The van der Waals surface area contributed by atoms with Gasteiger partial charge in [0.25, 0.3) is 23.6 Å². The molecule has 0 radical (unpaired) electrons. The van der Waals surface area contributed by atoms with Crippen LogP contribution in [0.15, 0.2) is 24.3 Å². The minimum atomic E-state index is -0.557. The number of carbonyl (C=O) groups is 4. The maximum absolute atomic E-state index is 14.3. The van der Waals surface area contributed by atoms with Gasteiger partial charge < -0.3 is 0 Å². The Hall–Kier alpha value is -6.36. The number of carbonyl (C=O) groups excluding carboxylic acids is 4. The topological polar surface area (TPSA) is 170 Å². The van der Waals surface area contributed by atoms with Gasteiger partial charge in [0.2, 0.25) is 0 Å². The van der Waals surface area contributed by atoms with Crippen molar-refractivity contribution in [3.05, 3.63) is 68.8 Å². The van der Waals surface area contributed by atoms with Crippen LogP contribution in [0.5, 0.6) is 0 Å². The standard InChI is InChI=1S/C44H38N6O4/c1-5-9-11-23(7-3)21-49-41(51)29-13-25(17-45)33-35-27(19-47)15-31-38-32(44(54)50(43(31)53)22-24(8-4)12-10-6-2)16-28(20-48)36(40(35)38)34-26(18-46)14-30(42(49)52)37(29)39(33)34/h13-16,23-24H,5-12,21-22H2,1-4H3. The summed E-state index contributed by atoms with van der Waals surface area (Å²) >= 11 is 0. The summed E-state index contributed by atoms with van der Waals surface area (Å²) in [6.07, 6.45) is 6.98. The summed E-state index contributed by atoms with van der Waals surface area (Å²) in [5.74, 6) is -2.10. The lowest BCUT2D eigenvalue weighted by Gasteiger charge is -2.33. The fourth-order valence-corrected chi connectivity index (χ4v) is 8.79. The number of amides is 4. The molecule has 0 aliphatic carbocycles. The molecule has 0 spiro atoms. The number of imide groups is 2. The summed E-state index contributed by atoms with van der Waals surface area (Å²) in [4.78, 5) is 59.7. The molecule has 0 saturated carbocycles. The van der Waals surface area contributed by atoms with Crippen LogP contribution in [0.4, 0.5) is 0 Å². The quantitative estimate of drug-likeness (QED) is 0.0701. The van der Waals surface area contributed by atoms with E-state index in [2.05, 4.69) is 38.1 Å². The van der Waals surface area contributed by atoms with E-state index in [0.29, 0.717) is 0 Å². The van der Waals surface area contributed by atoms with Crippen LogP contribution in [0.25, 0.3) is 43.1 Å². The third kappa shape index (κ3) is 5.09. The zero-order valence-corrected chi connectivity index (χ0v) is 30.9. The average Bonchev–Trinajstić information content (AvgIpc) is 3.19. The minimum Gasteiger partial charge on any atom is -0.274 e. The molecule has 0 bridgehead atoms. The molecule has 0 fully saturated rings. The Kier molecular flexibility index (Phi) is 9.26. The van der Waals surface area contributed by atoms with Gasteiger partial charge in [0.15, 0.2) is 0 Å². The average molecular weight is 715 g/mol. The van der Waals surface area contributed by atoms with E-state index in [1.165, 1.54) is 34.1 Å². The van der Waals surface area contributed by atoms with Crippen LogP contribution in [0.3, 0.4) is 0 Å². The molecular formula is C44H38N6O4. The van der Waals surface area contributed by atoms with Crippen LogP contribution < -0.4 is 0 Å². The van der Waals surface area contributed by atoms with E-state index >= 15 is 0 Å². The summed E-state index contributed by atoms with van der Waals surface area (Å²) in [6, 6.07) is 14.6. The molecule has 0 aromatic heterocycles. The normalized spacial score (nSPS) is 14.9. The van der Waals surface area contributed by atoms with Gasteiger partial charge in [-0.2, -0.15) is 21.0 Å². The van der Waals surface area contributed by atoms with Crippen LogP contribution in [0, 0.1) is 57.2 Å². The van der Waals surface area contributed by atoms with Gasteiger partial charge in [-0.1, -0.05) is 66.2 Å². The molecular weight excluding hydrogens is 677 g/mol. The van der Waals surface area contributed by atoms with E-state index in [9.17, 15) is 40.2 Å². The second kappa shape index (κ2) is 13.9. The molecule has 268 valence electrons. The first-order valence-electron chi connectivity index (χ1n) is 18.8. The van der Waals surface area contributed by atoms with Crippen molar-refractivity contribution < 1.29 is 19.2 Å². The predicted molar refractivity (Wildman–Crippen MR) is 204 cm³/mol. The van der Waals surface area contributed by atoms with Crippen LogP contribution in [-0.4, -0.2) is 46.5 Å². The van der Waals surface area contributed by atoms with Gasteiger partial charge in [-0.05, 0) is 48.9 Å². The Morgan fingerprint density at radius 3 is 0.963 bits per heavy atom. The van der Waals surface area contributed by atoms with Gasteiger partial charge in [-0.25, -0.2) is 0 Å². The first-order chi connectivity index (χ1) is 26.1. The van der Waals surface area contributed by atoms with Crippen molar-refractivity contribution in [1.82, 2.24) is 9.80 Å². The van der Waals surface area contributed by atoms with Crippen molar-refractivity contribution >= 4 is 66.7 Å². The number of fused-ring (bicyclic) bond motifs is 2. The Balaban J connectivity index is 1.60. The molecule has 2 heterocycles. The minimum absolute atomic E-state index is 0.0265. The van der Waals surface area contributed by atoms with Crippen LogP contribution >= 0.6 is 0 Å². The smallest absolute Gasteiger partial charge is 0.261 e. The van der Waals surface area contributed by atoms with Gasteiger partial charge in [0.1, 0.15) is 0 Å². The molecule has 7 rings (SSSR count). The number of nitrogens with zero attached hydrogens (tertiary/aromatic N) is 6. The lowest BCUT2D eigenvalue weighted by Crippen LogP contribution is -2.43. The lowest BCUT2D eigenvalue weighted by molar-refractivity contribution is 0.0565. The number of hydrogen-bond donors (Lipinski definition) is 0. The molecule has 0 N–H and O–H groups in total. The zero-order chi connectivity index (χ0) is 38.6. The maximum Gasteiger partial charge on any atom is 0.261 e. The third-order valence-corrected chi connectivity index (χ3v) is 11.7. The van der Waals surface area contributed by atoms with Gasteiger partial charge in [0, 0.05) is 56.2 Å². The molecule has 5 aromatic carbocycles. The highest BCUT2D eigenvalue weighted by atomic mass is 16.2. The number of rotatable bonds is 12. The summed E-state index contributed by atoms with van der Waals surface area (Å²) in [7, 11) is 0. The lowest BCUT2D eigenvalue weighted by atomic mass is 9.77. The summed E-state index contributed by atoms with van der Waals surface area (Å²) in [5.41, 5.74) is 0.593. The maximum atomic E-state index is 14.3. The molecule has 54 heavy (non-hydrogen) atoms. The second-order valence-corrected chi connectivity index (χ2v) is 14.6. The monoisotopic (exact) mass is 714 g/mol. The van der Waals surface area contributed by atoms with Crippen LogP contribution in [-0.2, 0) is 0 Å². The fourth-order valence-electron chi connectivity index (χ4n) is 8.79. The molecule has 0 saturated heterocycles. The van der Waals surface area contributed by atoms with Gasteiger partial charge in [-0.3, -0.25) is 29.0 Å². The number of benzene rings is 5. The molecule has 2 aliphatic heterocycles. The van der Waals surface area contributed by atoms with E-state index in [4.69, 9.17) is 0 Å². The van der Waals surface area contributed by atoms with Crippen molar-refractivity contribution in [1.29, 1.82) is 21.0 Å². The van der Waals surface area contributed by atoms with Crippen LogP contribution in [0.1, 0.15) is 143 Å². The first kappa shape index (κ1) is 36.0. The largest absolute Gasteiger partial charge is 0.274 e. The molecule has 10 nitrogen and oxygen atoms in total. The van der Waals surface area contributed by atoms with Gasteiger partial charge in [0.05, 0.1) is 68.8 Å². The molecule has 2 unspecified atom stereocenters. The van der Waals surface area contributed by atoms with E-state index in [0.717, 1.165) is 51.4 Å². The highest BCUT2D eigenvalue weighted by Gasteiger charge is 2.40. The SMILES string of the molecule is CCCCC(CC)CN1C(=O)c2cc(C#N)c3c4c(C#N)cc5c6c(cc(C#N)c(c7c(C#N)cc(c2c37)C1=O)c64)C(=O)N(CC(CC)CCCC)C5=O. The zero-order valence-electron chi connectivity index (χ0n) is 30.9. The molecule has 5 aromatic rings. The Bertz CT molecular complexity index is 2330. The molecule has 2 atom stereocenters.